The van der Waals surface area contributed by atoms with Crippen molar-refractivity contribution in [3.8, 4) is 0 Å². The van der Waals surface area contributed by atoms with Crippen molar-refractivity contribution in [3.05, 3.63) is 137 Å². The number of hydrogen-bond acceptors (Lipinski definition) is 4. The first-order chi connectivity index (χ1) is 22.1. The number of carbonyl (C=O) groups is 1. The Morgan fingerprint density at radius 3 is 2.22 bits per heavy atom. The lowest BCUT2D eigenvalue weighted by molar-refractivity contribution is -0.126. The summed E-state index contributed by atoms with van der Waals surface area (Å²) >= 11 is 0. The van der Waals surface area contributed by atoms with Crippen LogP contribution in [0.5, 0.6) is 0 Å². The Morgan fingerprint density at radius 1 is 0.800 bits per heavy atom. The summed E-state index contributed by atoms with van der Waals surface area (Å²) < 4.78 is 0. The fourth-order valence-electron chi connectivity index (χ4n) is 8.40. The molecule has 1 spiro atoms. The second-order valence-electron chi connectivity index (χ2n) is 13.2. The summed E-state index contributed by atoms with van der Waals surface area (Å²) in [4.78, 5) is 18.5. The first-order valence-corrected chi connectivity index (χ1v) is 16.5. The molecule has 8 rings (SSSR count). The van der Waals surface area contributed by atoms with Gasteiger partial charge >= 0.3 is 0 Å². The number of fused-ring (bicyclic) bond motifs is 1. The molecule has 0 bridgehead atoms. The Balaban J connectivity index is 1.40. The number of carbonyl (C=O) groups excluding carboxylic acids is 1. The van der Waals surface area contributed by atoms with Gasteiger partial charge in [0.25, 0.3) is 0 Å². The van der Waals surface area contributed by atoms with E-state index in [-0.39, 0.29) is 11.3 Å². The molecule has 6 heteroatoms. The van der Waals surface area contributed by atoms with Gasteiger partial charge in [0, 0.05) is 24.5 Å². The van der Waals surface area contributed by atoms with E-state index in [1.807, 2.05) is 9.80 Å². The lowest BCUT2D eigenvalue weighted by atomic mass is 9.66. The van der Waals surface area contributed by atoms with Crippen LogP contribution in [0.2, 0.25) is 0 Å². The number of hydrogen-bond donors (Lipinski definition) is 1. The number of nitrogens with one attached hydrogen (secondary N) is 1. The molecule has 6 nitrogen and oxygen atoms in total. The van der Waals surface area contributed by atoms with Crippen molar-refractivity contribution in [3.63, 3.8) is 0 Å². The summed E-state index contributed by atoms with van der Waals surface area (Å²) in [5, 5.41) is 11.9. The molecular formula is C39H41N5O. The van der Waals surface area contributed by atoms with Crippen molar-refractivity contribution in [2.45, 2.75) is 43.6 Å². The monoisotopic (exact) mass is 595 g/mol. The van der Waals surface area contributed by atoms with Crippen LogP contribution < -0.4 is 10.3 Å². The Bertz CT molecular complexity index is 1790. The van der Waals surface area contributed by atoms with E-state index in [2.05, 4.69) is 126 Å². The molecule has 1 unspecified atom stereocenters. The van der Waals surface area contributed by atoms with Gasteiger partial charge in [0.1, 0.15) is 0 Å². The summed E-state index contributed by atoms with van der Waals surface area (Å²) in [6.45, 7) is 3.42. The molecule has 0 saturated carbocycles. The Labute approximate surface area is 265 Å². The lowest BCUT2D eigenvalue weighted by Gasteiger charge is -2.37. The van der Waals surface area contributed by atoms with Gasteiger partial charge in [-0.05, 0) is 74.1 Å². The number of nitrogens with zero attached hydrogens (tertiary/aromatic N) is 4. The molecule has 1 N–H and O–H groups in total. The van der Waals surface area contributed by atoms with Crippen LogP contribution >= 0.6 is 0 Å². The summed E-state index contributed by atoms with van der Waals surface area (Å²) in [6, 6.07) is 39.7. The minimum Gasteiger partial charge on any atom is -0.316 e. The highest BCUT2D eigenvalue weighted by Crippen LogP contribution is 2.48. The Morgan fingerprint density at radius 2 is 1.51 bits per heavy atom. The molecule has 0 aliphatic carbocycles. The predicted octanol–water partition coefficient (Wildman–Crippen LogP) is 6.42. The molecule has 3 aliphatic heterocycles. The van der Waals surface area contributed by atoms with Crippen LogP contribution in [0, 0.1) is 5.41 Å². The second-order valence-corrected chi connectivity index (χ2v) is 13.2. The molecule has 1 aromatic heterocycles. The third-order valence-corrected chi connectivity index (χ3v) is 10.8. The predicted molar refractivity (Wildman–Crippen MR) is 180 cm³/mol. The SMILES string of the molecule is CN1CCCCC1c1cccc(C(c2ccccc2)(c2ccccc2)c2nn(N3CC[C@]4(CCNC4)C3=O)c3ccccc23)c1. The molecule has 228 valence electrons. The van der Waals surface area contributed by atoms with E-state index in [9.17, 15) is 4.79 Å². The van der Waals surface area contributed by atoms with Crippen molar-refractivity contribution >= 4 is 16.8 Å². The van der Waals surface area contributed by atoms with Crippen LogP contribution in [0.3, 0.4) is 0 Å². The molecule has 45 heavy (non-hydrogen) atoms. The van der Waals surface area contributed by atoms with E-state index in [0.717, 1.165) is 66.6 Å². The second kappa shape index (κ2) is 11.3. The van der Waals surface area contributed by atoms with Crippen LogP contribution in [-0.4, -0.2) is 53.9 Å². The molecular weight excluding hydrogens is 554 g/mol. The zero-order chi connectivity index (χ0) is 30.4. The van der Waals surface area contributed by atoms with Crippen LogP contribution in [0.1, 0.15) is 66.1 Å². The highest BCUT2D eigenvalue weighted by Gasteiger charge is 2.50. The van der Waals surface area contributed by atoms with Gasteiger partial charge in [-0.2, -0.15) is 9.89 Å². The number of aromatic nitrogens is 2. The minimum absolute atomic E-state index is 0.180. The van der Waals surface area contributed by atoms with Gasteiger partial charge in [0.2, 0.25) is 5.91 Å². The fourth-order valence-corrected chi connectivity index (χ4v) is 8.40. The maximum atomic E-state index is 14.1. The van der Waals surface area contributed by atoms with E-state index < -0.39 is 5.41 Å². The molecule has 0 radical (unpaired) electrons. The number of likely N-dealkylation sites (tertiary alicyclic amines) is 1. The minimum atomic E-state index is -0.716. The quantitative estimate of drug-likeness (QED) is 0.230. The molecule has 3 fully saturated rings. The van der Waals surface area contributed by atoms with Gasteiger partial charge in [-0.3, -0.25) is 9.69 Å². The molecule has 5 aromatic rings. The number of rotatable bonds is 6. The molecule has 3 aliphatic rings. The smallest absolute Gasteiger partial charge is 0.250 e. The van der Waals surface area contributed by atoms with E-state index in [4.69, 9.17) is 5.10 Å². The highest BCUT2D eigenvalue weighted by molar-refractivity contribution is 5.96. The van der Waals surface area contributed by atoms with Gasteiger partial charge in [-0.1, -0.05) is 110 Å². The number of piperidine rings is 1. The molecule has 1 amide bonds. The zero-order valence-electron chi connectivity index (χ0n) is 26.0. The number of amides is 1. The molecule has 3 saturated heterocycles. The number of para-hydroxylation sites is 1. The summed E-state index contributed by atoms with van der Waals surface area (Å²) in [7, 11) is 2.26. The van der Waals surface area contributed by atoms with Crippen molar-refractivity contribution in [1.29, 1.82) is 0 Å². The highest BCUT2D eigenvalue weighted by atomic mass is 16.2. The van der Waals surface area contributed by atoms with Crippen LogP contribution in [0.4, 0.5) is 0 Å². The van der Waals surface area contributed by atoms with E-state index in [0.29, 0.717) is 12.6 Å². The average Bonchev–Trinajstić information content (AvgIpc) is 3.81. The largest absolute Gasteiger partial charge is 0.316 e. The third kappa shape index (κ3) is 4.45. The van der Waals surface area contributed by atoms with Crippen molar-refractivity contribution in [2.24, 2.45) is 5.41 Å². The van der Waals surface area contributed by atoms with Gasteiger partial charge in [-0.15, -0.1) is 0 Å². The summed E-state index contributed by atoms with van der Waals surface area (Å²) in [5.74, 6) is 0.180. The summed E-state index contributed by atoms with van der Waals surface area (Å²) in [5.41, 5.74) is 5.72. The molecule has 2 atom stereocenters. The van der Waals surface area contributed by atoms with Gasteiger partial charge < -0.3 is 5.32 Å². The van der Waals surface area contributed by atoms with Crippen LogP contribution in [0.15, 0.2) is 109 Å². The van der Waals surface area contributed by atoms with E-state index in [1.54, 1.807) is 0 Å². The van der Waals surface area contributed by atoms with Crippen molar-refractivity contribution < 1.29 is 4.79 Å². The lowest BCUT2D eigenvalue weighted by Crippen LogP contribution is -2.43. The Kier molecular flexibility index (Phi) is 7.07. The van der Waals surface area contributed by atoms with E-state index >= 15 is 0 Å². The maximum Gasteiger partial charge on any atom is 0.250 e. The Hall–Kier alpha value is -4.26. The number of benzene rings is 4. The van der Waals surface area contributed by atoms with Crippen molar-refractivity contribution in [2.75, 3.05) is 38.2 Å². The van der Waals surface area contributed by atoms with Crippen LogP contribution in [-0.2, 0) is 10.2 Å². The van der Waals surface area contributed by atoms with Gasteiger partial charge in [-0.25, -0.2) is 5.01 Å². The topological polar surface area (TPSA) is 53.4 Å². The molecule has 4 heterocycles. The molecule has 4 aromatic carbocycles. The van der Waals surface area contributed by atoms with Crippen LogP contribution in [0.25, 0.3) is 10.9 Å². The van der Waals surface area contributed by atoms with Gasteiger partial charge in [0.05, 0.1) is 22.0 Å². The fraction of sp³-hybridized carbons (Fsp3) is 0.333. The average molecular weight is 596 g/mol. The summed E-state index contributed by atoms with van der Waals surface area (Å²) in [6.07, 6.45) is 5.39. The normalized spacial score (nSPS) is 22.6. The third-order valence-electron chi connectivity index (χ3n) is 10.8. The standard InChI is InChI=1S/C39H41N5O/c1-42-25-11-10-20-34(42)29-13-12-18-32(27-29)39(30-14-4-2-5-15-30,31-16-6-3-7-17-31)36-33-19-8-9-21-35(33)44(41-36)43-26-23-38(37(43)45)22-24-40-28-38/h2-9,12-19,21,27,34,40H,10-11,20,22-26,28H2,1H3/t34?,38-/m0/s1. The maximum absolute atomic E-state index is 14.1. The van der Waals surface area contributed by atoms with Gasteiger partial charge in [0.15, 0.2) is 0 Å². The first-order valence-electron chi connectivity index (χ1n) is 16.5. The zero-order valence-corrected chi connectivity index (χ0v) is 26.0. The van der Waals surface area contributed by atoms with Crippen molar-refractivity contribution in [1.82, 2.24) is 20.1 Å². The first kappa shape index (κ1) is 28.2. The van der Waals surface area contributed by atoms with E-state index in [1.165, 1.54) is 24.0 Å².